The van der Waals surface area contributed by atoms with Crippen molar-refractivity contribution in [3.63, 3.8) is 0 Å². The summed E-state index contributed by atoms with van der Waals surface area (Å²) in [6.07, 6.45) is 0.125. The highest BCUT2D eigenvalue weighted by atomic mass is 32.1. The van der Waals surface area contributed by atoms with E-state index in [-0.39, 0.29) is 57.4 Å². The van der Waals surface area contributed by atoms with E-state index in [1.807, 2.05) is 46.6 Å². The van der Waals surface area contributed by atoms with Crippen LogP contribution in [0.5, 0.6) is 0 Å². The fraction of sp³-hybridized carbons (Fsp3) is 0.500. The number of pyridine rings is 1. The molecule has 0 saturated heterocycles. The van der Waals surface area contributed by atoms with Gasteiger partial charge < -0.3 is 15.0 Å². The van der Waals surface area contributed by atoms with E-state index in [0.29, 0.717) is 23.9 Å². The number of aryl methyl sites for hydroxylation is 1. The summed E-state index contributed by atoms with van der Waals surface area (Å²) in [5, 5.41) is 7.50. The topological polar surface area (TPSA) is 98.1 Å². The molecule has 3 aromatic rings. The Kier molecular flexibility index (Phi) is 10.7. The van der Waals surface area contributed by atoms with Crippen molar-refractivity contribution < 1.29 is 22.7 Å². The summed E-state index contributed by atoms with van der Waals surface area (Å²) in [6, 6.07) is 1.89. The molecule has 1 aliphatic heterocycles. The van der Waals surface area contributed by atoms with Gasteiger partial charge in [-0.2, -0.15) is 50.2 Å². The van der Waals surface area contributed by atoms with Crippen LogP contribution < -0.4 is 10.2 Å². The minimum Gasteiger partial charge on any atom is -0.370 e. The van der Waals surface area contributed by atoms with Crippen LogP contribution in [0.4, 0.5) is 24.9 Å². The van der Waals surface area contributed by atoms with E-state index in [1.165, 1.54) is 12.3 Å². The second kappa shape index (κ2) is 12.8. The minimum atomic E-state index is -4.47. The Balaban J connectivity index is 0.00000280. The molecular weight excluding hydrogens is 563 g/mol. The number of nitrogens with one attached hydrogen (secondary N) is 1. The van der Waals surface area contributed by atoms with Crippen LogP contribution in [0.25, 0.3) is 0 Å². The first-order chi connectivity index (χ1) is 17.7. The molecule has 0 bridgehead atoms. The van der Waals surface area contributed by atoms with Crippen LogP contribution in [0, 0.1) is 6.92 Å². The first-order valence-electron chi connectivity index (χ1n) is 12.3. The monoisotopic (exact) mass is 599 g/mol. The van der Waals surface area contributed by atoms with Gasteiger partial charge in [-0.15, -0.1) is 0 Å². The van der Waals surface area contributed by atoms with Gasteiger partial charge in [-0.1, -0.05) is 6.07 Å². The number of hydrogen-bond acceptors (Lipinski definition) is 8. The number of carbonyl (C=O) groups is 1. The molecule has 0 spiro atoms. The van der Waals surface area contributed by atoms with Gasteiger partial charge in [-0.3, -0.25) is 14.5 Å². The lowest BCUT2D eigenvalue weighted by Gasteiger charge is -2.39. The van der Waals surface area contributed by atoms with Crippen molar-refractivity contribution in [3.8, 4) is 0 Å². The average Bonchev–Trinajstić information content (AvgIpc) is 3.24. The molecule has 3 aromatic heterocycles. The Hall–Kier alpha value is -2.84. The minimum absolute atomic E-state index is 0. The summed E-state index contributed by atoms with van der Waals surface area (Å²) in [6.45, 7) is 10.3. The van der Waals surface area contributed by atoms with E-state index in [9.17, 15) is 18.0 Å². The lowest BCUT2D eigenvalue weighted by atomic mass is 9.93. The Morgan fingerprint density at radius 3 is 2.42 bits per heavy atom. The van der Waals surface area contributed by atoms with Crippen molar-refractivity contribution in [1.82, 2.24) is 24.7 Å². The number of nitrogens with zero attached hydrogens (tertiary/aromatic N) is 6. The number of ketones is 1. The number of rotatable bonds is 7. The maximum Gasteiger partial charge on any atom is 0.433 e. The molecule has 0 radical (unpaired) electrons. The van der Waals surface area contributed by atoms with Gasteiger partial charge in [-0.05, 0) is 46.2 Å². The van der Waals surface area contributed by atoms with Crippen LogP contribution in [0.15, 0.2) is 30.7 Å². The molecular formula is C26H36F3N7O2S2. The van der Waals surface area contributed by atoms with Gasteiger partial charge in [0, 0.05) is 49.2 Å². The molecule has 2 atom stereocenters. The maximum absolute atomic E-state index is 13.0. The third-order valence-corrected chi connectivity index (χ3v) is 6.21. The largest absolute Gasteiger partial charge is 0.433 e. The van der Waals surface area contributed by atoms with Crippen molar-refractivity contribution in [2.75, 3.05) is 17.3 Å². The second-order valence-electron chi connectivity index (χ2n) is 10.5. The zero-order chi connectivity index (χ0) is 27.8. The van der Waals surface area contributed by atoms with Gasteiger partial charge in [0.1, 0.15) is 17.6 Å². The number of carbonyl (C=O) groups excluding carboxylic acids is 1. The molecule has 14 heteroatoms. The number of alkyl halides is 3. The van der Waals surface area contributed by atoms with Gasteiger partial charge in [0.25, 0.3) is 0 Å². The standard InChI is InChI=1S/C26H32F3N7O2.2H2S/c1-15-19-9-20(37)22(16(2)38-25(3,4)5)35(6)23(19)34-24(33-15)31-11-18-12-32-36(14-18)13-17-7-8-21(30-10-17)26(27,28)29;;/h7-8,10,12,14,16,22H,9,11,13H2,1-6H3,(H,31,33,34);2*1H2/t16-,22-;;/m0../s1. The number of fused-ring (bicyclic) bond motifs is 1. The number of halogens is 3. The predicted octanol–water partition coefficient (Wildman–Crippen LogP) is 4.41. The van der Waals surface area contributed by atoms with E-state index in [2.05, 4.69) is 20.4 Å². The van der Waals surface area contributed by atoms with Gasteiger partial charge in [0.05, 0.1) is 24.4 Å². The molecule has 4 rings (SSSR count). The van der Waals surface area contributed by atoms with Gasteiger partial charge in [0.15, 0.2) is 5.78 Å². The van der Waals surface area contributed by atoms with E-state index >= 15 is 0 Å². The summed E-state index contributed by atoms with van der Waals surface area (Å²) < 4.78 is 45.9. The molecule has 0 aliphatic carbocycles. The van der Waals surface area contributed by atoms with E-state index in [4.69, 9.17) is 9.72 Å². The number of Topliss-reactive ketones (excluding diaryl/α,β-unsaturated/α-hetero) is 1. The van der Waals surface area contributed by atoms with Crippen LogP contribution in [-0.2, 0) is 35.2 Å². The molecule has 0 amide bonds. The number of aromatic nitrogens is 5. The Bertz CT molecular complexity index is 1310. The molecule has 0 unspecified atom stereocenters. The van der Waals surface area contributed by atoms with Crippen molar-refractivity contribution in [2.24, 2.45) is 0 Å². The summed E-state index contributed by atoms with van der Waals surface area (Å²) in [4.78, 5) is 27.6. The van der Waals surface area contributed by atoms with Crippen molar-refractivity contribution in [3.05, 3.63) is 58.8 Å². The molecule has 1 aliphatic rings. The van der Waals surface area contributed by atoms with Crippen LogP contribution in [-0.4, -0.2) is 55.3 Å². The number of hydrogen-bond donors (Lipinski definition) is 1. The first-order valence-corrected chi connectivity index (χ1v) is 12.3. The normalized spacial score (nSPS) is 16.1. The lowest BCUT2D eigenvalue weighted by Crippen LogP contribution is -2.52. The van der Waals surface area contributed by atoms with Crippen LogP contribution in [0.1, 0.15) is 55.8 Å². The molecule has 220 valence electrons. The van der Waals surface area contributed by atoms with Crippen LogP contribution in [0.2, 0.25) is 0 Å². The Morgan fingerprint density at radius 1 is 1.12 bits per heavy atom. The van der Waals surface area contributed by atoms with Crippen molar-refractivity contribution >= 4 is 44.5 Å². The van der Waals surface area contributed by atoms with Gasteiger partial charge in [-0.25, -0.2) is 4.98 Å². The summed E-state index contributed by atoms with van der Waals surface area (Å²) in [5.41, 5.74) is 1.67. The third kappa shape index (κ3) is 7.88. The molecule has 40 heavy (non-hydrogen) atoms. The van der Waals surface area contributed by atoms with E-state index in [0.717, 1.165) is 22.9 Å². The fourth-order valence-electron chi connectivity index (χ4n) is 4.62. The Morgan fingerprint density at radius 2 is 1.82 bits per heavy atom. The highest BCUT2D eigenvalue weighted by Crippen LogP contribution is 2.32. The zero-order valence-corrected chi connectivity index (χ0v) is 25.3. The fourth-order valence-corrected chi connectivity index (χ4v) is 4.62. The lowest BCUT2D eigenvalue weighted by molar-refractivity contribution is -0.141. The molecule has 0 fully saturated rings. The number of anilines is 2. The number of likely N-dealkylation sites (N-methyl/N-ethyl adjacent to an activating group) is 1. The smallest absolute Gasteiger partial charge is 0.370 e. The van der Waals surface area contributed by atoms with E-state index in [1.54, 1.807) is 17.1 Å². The molecule has 4 heterocycles. The molecule has 0 saturated carbocycles. The first kappa shape index (κ1) is 33.4. The molecule has 9 nitrogen and oxygen atoms in total. The van der Waals surface area contributed by atoms with Crippen molar-refractivity contribution in [2.45, 2.75) is 78.1 Å². The van der Waals surface area contributed by atoms with Gasteiger partial charge >= 0.3 is 6.18 Å². The van der Waals surface area contributed by atoms with Crippen LogP contribution >= 0.6 is 27.0 Å². The molecule has 1 N–H and O–H groups in total. The second-order valence-corrected chi connectivity index (χ2v) is 10.5. The van der Waals surface area contributed by atoms with Crippen LogP contribution in [0.3, 0.4) is 0 Å². The molecule has 0 aromatic carbocycles. The van der Waals surface area contributed by atoms with Gasteiger partial charge in [0.2, 0.25) is 5.95 Å². The highest BCUT2D eigenvalue weighted by Gasteiger charge is 2.38. The van der Waals surface area contributed by atoms with Crippen molar-refractivity contribution in [1.29, 1.82) is 0 Å². The Labute approximate surface area is 245 Å². The number of ether oxygens (including phenoxy) is 1. The summed E-state index contributed by atoms with van der Waals surface area (Å²) in [5.74, 6) is 1.18. The quantitative estimate of drug-likeness (QED) is 0.427. The predicted molar refractivity (Wildman–Crippen MR) is 157 cm³/mol. The SMILES string of the molecule is Cc1nc(NCc2cnn(Cc3ccc(C(F)(F)F)nc3)c2)nc2c1CC(=O)[C@H]([C@H](C)OC(C)(C)C)N2C.S.S. The summed E-state index contributed by atoms with van der Waals surface area (Å²) >= 11 is 0. The average molecular weight is 600 g/mol. The van der Waals surface area contributed by atoms with E-state index < -0.39 is 17.9 Å². The highest BCUT2D eigenvalue weighted by molar-refractivity contribution is 7.59. The zero-order valence-electron chi connectivity index (χ0n) is 23.3. The maximum atomic E-state index is 13.0. The third-order valence-electron chi connectivity index (χ3n) is 6.21. The summed E-state index contributed by atoms with van der Waals surface area (Å²) in [7, 11) is 1.85.